The predicted molar refractivity (Wildman–Crippen MR) is 92.2 cm³/mol. The van der Waals surface area contributed by atoms with Gasteiger partial charge in [0.1, 0.15) is 0 Å². The molecule has 2 aromatic carbocycles. The van der Waals surface area contributed by atoms with Crippen LogP contribution in [0.1, 0.15) is 24.5 Å². The molecule has 1 atom stereocenters. The molecule has 124 valence electrons. The van der Waals surface area contributed by atoms with Crippen LogP contribution in [0.15, 0.2) is 54.6 Å². The van der Waals surface area contributed by atoms with E-state index in [0.717, 1.165) is 16.7 Å². The molecule has 2 aromatic rings. The SMILES string of the molecule is COC(=O)OC(C#CCCCO)c1ccc(-c2ccccc2)cc1. The second-order valence-corrected chi connectivity index (χ2v) is 5.09. The minimum absolute atomic E-state index is 0.0863. The molecule has 0 fully saturated rings. The van der Waals surface area contributed by atoms with E-state index in [1.165, 1.54) is 7.11 Å². The van der Waals surface area contributed by atoms with Crippen molar-refractivity contribution in [3.05, 3.63) is 60.2 Å². The van der Waals surface area contributed by atoms with Crippen LogP contribution in [0.2, 0.25) is 0 Å². The van der Waals surface area contributed by atoms with E-state index in [9.17, 15) is 4.79 Å². The zero-order valence-corrected chi connectivity index (χ0v) is 13.6. The van der Waals surface area contributed by atoms with Crippen molar-refractivity contribution in [3.63, 3.8) is 0 Å². The minimum Gasteiger partial charge on any atom is -0.438 e. The maximum atomic E-state index is 11.4. The Bertz CT molecular complexity index is 696. The van der Waals surface area contributed by atoms with Gasteiger partial charge in [-0.05, 0) is 17.5 Å². The van der Waals surface area contributed by atoms with Crippen LogP contribution in [0.3, 0.4) is 0 Å². The van der Waals surface area contributed by atoms with Gasteiger partial charge in [0, 0.05) is 18.6 Å². The third-order valence-electron chi connectivity index (χ3n) is 3.39. The van der Waals surface area contributed by atoms with Crippen LogP contribution in [0.5, 0.6) is 0 Å². The van der Waals surface area contributed by atoms with Crippen molar-refractivity contribution >= 4 is 6.16 Å². The molecule has 0 saturated carbocycles. The molecular weight excluding hydrogens is 304 g/mol. The molecule has 2 rings (SSSR count). The van der Waals surface area contributed by atoms with E-state index in [1.807, 2.05) is 54.6 Å². The van der Waals surface area contributed by atoms with Gasteiger partial charge in [-0.25, -0.2) is 4.79 Å². The molecule has 4 heteroatoms. The topological polar surface area (TPSA) is 55.8 Å². The largest absolute Gasteiger partial charge is 0.509 e. The molecule has 24 heavy (non-hydrogen) atoms. The molecule has 0 saturated heterocycles. The van der Waals surface area contributed by atoms with E-state index < -0.39 is 12.3 Å². The van der Waals surface area contributed by atoms with E-state index in [0.29, 0.717) is 12.8 Å². The summed E-state index contributed by atoms with van der Waals surface area (Å²) in [4.78, 5) is 11.4. The Morgan fingerprint density at radius 2 is 1.75 bits per heavy atom. The van der Waals surface area contributed by atoms with E-state index in [2.05, 4.69) is 16.6 Å². The number of ether oxygens (including phenoxy) is 2. The number of carbonyl (C=O) groups excluding carboxylic acids is 1. The first-order valence-electron chi connectivity index (χ1n) is 7.74. The van der Waals surface area contributed by atoms with Gasteiger partial charge in [-0.3, -0.25) is 0 Å². The van der Waals surface area contributed by atoms with Gasteiger partial charge in [-0.2, -0.15) is 0 Å². The number of carbonyl (C=O) groups is 1. The predicted octanol–water partition coefficient (Wildman–Crippen LogP) is 3.95. The van der Waals surface area contributed by atoms with E-state index in [-0.39, 0.29) is 6.61 Å². The fraction of sp³-hybridized carbons (Fsp3) is 0.250. The van der Waals surface area contributed by atoms with Gasteiger partial charge >= 0.3 is 6.16 Å². The van der Waals surface area contributed by atoms with E-state index in [1.54, 1.807) is 0 Å². The first kappa shape index (κ1) is 17.6. The summed E-state index contributed by atoms with van der Waals surface area (Å²) in [5, 5.41) is 8.80. The molecule has 0 aliphatic carbocycles. The summed E-state index contributed by atoms with van der Waals surface area (Å²) < 4.78 is 9.77. The molecule has 1 N–H and O–H groups in total. The van der Waals surface area contributed by atoms with Crippen molar-refractivity contribution in [2.45, 2.75) is 18.9 Å². The van der Waals surface area contributed by atoms with Crippen LogP contribution in [-0.4, -0.2) is 25.0 Å². The van der Waals surface area contributed by atoms with Crippen LogP contribution in [-0.2, 0) is 9.47 Å². The molecule has 4 nitrogen and oxygen atoms in total. The first-order chi connectivity index (χ1) is 11.7. The summed E-state index contributed by atoms with van der Waals surface area (Å²) in [5.41, 5.74) is 2.96. The highest BCUT2D eigenvalue weighted by molar-refractivity contribution is 5.64. The lowest BCUT2D eigenvalue weighted by Gasteiger charge is -2.12. The van der Waals surface area contributed by atoms with Gasteiger partial charge in [0.15, 0.2) is 6.10 Å². The number of methoxy groups -OCH3 is 1. The molecule has 0 heterocycles. The lowest BCUT2D eigenvalue weighted by atomic mass is 10.0. The van der Waals surface area contributed by atoms with Crippen molar-refractivity contribution in [2.24, 2.45) is 0 Å². The lowest BCUT2D eigenvalue weighted by molar-refractivity contribution is 0.0549. The van der Waals surface area contributed by atoms with Gasteiger partial charge < -0.3 is 14.6 Å². The number of rotatable bonds is 5. The minimum atomic E-state index is -0.774. The maximum absolute atomic E-state index is 11.4. The fourth-order valence-electron chi connectivity index (χ4n) is 2.14. The number of benzene rings is 2. The summed E-state index contributed by atoms with van der Waals surface area (Å²) in [5.74, 6) is 5.83. The van der Waals surface area contributed by atoms with Crippen LogP contribution in [0.25, 0.3) is 11.1 Å². The van der Waals surface area contributed by atoms with Crippen LogP contribution < -0.4 is 0 Å². The standard InChI is InChI=1S/C20H20O4/c1-23-20(22)24-19(10-6-3-7-15-21)18-13-11-17(12-14-18)16-8-4-2-5-9-16/h2,4-5,8-9,11-14,19,21H,3,7,15H2,1H3. The lowest BCUT2D eigenvalue weighted by Crippen LogP contribution is -2.10. The summed E-state index contributed by atoms with van der Waals surface area (Å²) in [6.07, 6.45) is -0.339. The second-order valence-electron chi connectivity index (χ2n) is 5.09. The van der Waals surface area contributed by atoms with Gasteiger partial charge in [-0.1, -0.05) is 66.4 Å². The van der Waals surface area contributed by atoms with Crippen molar-refractivity contribution in [1.29, 1.82) is 0 Å². The summed E-state index contributed by atoms with van der Waals surface area (Å²) >= 11 is 0. The van der Waals surface area contributed by atoms with E-state index >= 15 is 0 Å². The van der Waals surface area contributed by atoms with Crippen molar-refractivity contribution in [1.82, 2.24) is 0 Å². The number of hydrogen-bond donors (Lipinski definition) is 1. The van der Waals surface area contributed by atoms with Crippen LogP contribution in [0.4, 0.5) is 4.79 Å². The Kier molecular flexibility index (Phi) is 6.88. The molecular formula is C20H20O4. The molecule has 0 amide bonds. The van der Waals surface area contributed by atoms with Crippen molar-refractivity contribution < 1.29 is 19.4 Å². The number of hydrogen-bond acceptors (Lipinski definition) is 4. The van der Waals surface area contributed by atoms with E-state index in [4.69, 9.17) is 9.84 Å². The highest BCUT2D eigenvalue weighted by atomic mass is 16.7. The number of unbranched alkanes of at least 4 members (excludes halogenated alkanes) is 1. The Morgan fingerprint density at radius 1 is 1.08 bits per heavy atom. The molecule has 0 aromatic heterocycles. The molecule has 0 aliphatic heterocycles. The quantitative estimate of drug-likeness (QED) is 0.514. The van der Waals surface area contributed by atoms with Gasteiger partial charge in [0.05, 0.1) is 7.11 Å². The third-order valence-corrected chi connectivity index (χ3v) is 3.39. The highest BCUT2D eigenvalue weighted by Crippen LogP contribution is 2.23. The normalized spacial score (nSPS) is 11.1. The Morgan fingerprint density at radius 3 is 2.38 bits per heavy atom. The average Bonchev–Trinajstić information content (AvgIpc) is 2.65. The maximum Gasteiger partial charge on any atom is 0.509 e. The third kappa shape index (κ3) is 5.15. The Hall–Kier alpha value is -2.77. The molecule has 0 radical (unpaired) electrons. The van der Waals surface area contributed by atoms with Crippen LogP contribution >= 0.6 is 0 Å². The van der Waals surface area contributed by atoms with Crippen molar-refractivity contribution in [3.8, 4) is 23.0 Å². The average molecular weight is 324 g/mol. The molecule has 0 aliphatic rings. The fourth-order valence-corrected chi connectivity index (χ4v) is 2.14. The molecule has 0 bridgehead atoms. The Labute approximate surface area is 142 Å². The van der Waals surface area contributed by atoms with Crippen LogP contribution in [0, 0.1) is 11.8 Å². The zero-order valence-electron chi connectivity index (χ0n) is 13.6. The van der Waals surface area contributed by atoms with Gasteiger partial charge in [0.25, 0.3) is 0 Å². The molecule has 1 unspecified atom stereocenters. The summed E-state index contributed by atoms with van der Waals surface area (Å²) in [6.45, 7) is 0.0863. The highest BCUT2D eigenvalue weighted by Gasteiger charge is 2.14. The van der Waals surface area contributed by atoms with Gasteiger partial charge in [-0.15, -0.1) is 0 Å². The summed E-state index contributed by atoms with van der Waals surface area (Å²) in [7, 11) is 1.26. The zero-order chi connectivity index (χ0) is 17.2. The second kappa shape index (κ2) is 9.39. The van der Waals surface area contributed by atoms with Crippen molar-refractivity contribution in [2.75, 3.05) is 13.7 Å². The summed E-state index contributed by atoms with van der Waals surface area (Å²) in [6, 6.07) is 17.7. The number of aliphatic hydroxyl groups is 1. The van der Waals surface area contributed by atoms with Gasteiger partial charge in [0.2, 0.25) is 0 Å². The monoisotopic (exact) mass is 324 g/mol. The first-order valence-corrected chi connectivity index (χ1v) is 7.74. The number of aliphatic hydroxyl groups excluding tert-OH is 1. The smallest absolute Gasteiger partial charge is 0.438 e. The Balaban J connectivity index is 2.18. The molecule has 0 spiro atoms.